The Balaban J connectivity index is 2.27. The smallest absolute Gasteiger partial charge is 0.169 e. The van der Waals surface area contributed by atoms with Crippen LogP contribution in [-0.4, -0.2) is 11.9 Å². The molecule has 0 bridgehead atoms. The van der Waals surface area contributed by atoms with Gasteiger partial charge >= 0.3 is 0 Å². The lowest BCUT2D eigenvalue weighted by molar-refractivity contribution is 0.325. The number of rotatable bonds is 6. The molecule has 114 valence electrons. The van der Waals surface area contributed by atoms with Crippen molar-refractivity contribution in [1.29, 1.82) is 10.5 Å². The van der Waals surface area contributed by atoms with E-state index >= 15 is 0 Å². The van der Waals surface area contributed by atoms with Gasteiger partial charge in [0.15, 0.2) is 11.5 Å². The molecular weight excluding hydrogens is 356 g/mol. The van der Waals surface area contributed by atoms with Gasteiger partial charge in [-0.2, -0.15) is 10.5 Å². The molecular formula is C18H13BrN2O2. The highest BCUT2D eigenvalue weighted by atomic mass is 79.9. The molecule has 0 fully saturated rings. The van der Waals surface area contributed by atoms with Crippen molar-refractivity contribution < 1.29 is 9.47 Å². The van der Waals surface area contributed by atoms with Gasteiger partial charge in [-0.3, -0.25) is 0 Å². The second-order valence-corrected chi connectivity index (χ2v) is 5.24. The molecule has 0 radical (unpaired) electrons. The van der Waals surface area contributed by atoms with Crippen LogP contribution < -0.4 is 9.47 Å². The van der Waals surface area contributed by atoms with Crippen molar-refractivity contribution in [3.63, 3.8) is 0 Å². The van der Waals surface area contributed by atoms with E-state index in [2.05, 4.69) is 22.0 Å². The van der Waals surface area contributed by atoms with Gasteiger partial charge in [0.1, 0.15) is 5.75 Å². The minimum absolute atomic E-state index is 0.468. The van der Waals surface area contributed by atoms with Crippen LogP contribution in [0, 0.1) is 22.7 Å². The van der Waals surface area contributed by atoms with E-state index in [1.54, 1.807) is 24.3 Å². The third-order valence-electron chi connectivity index (χ3n) is 2.84. The average Bonchev–Trinajstić information content (AvgIpc) is 2.59. The molecule has 0 aliphatic carbocycles. The molecule has 2 rings (SSSR count). The molecule has 0 aliphatic heterocycles. The zero-order valence-electron chi connectivity index (χ0n) is 12.2. The molecule has 5 heteroatoms. The van der Waals surface area contributed by atoms with Crippen LogP contribution in [0.5, 0.6) is 17.2 Å². The largest absolute Gasteiger partial charge is 0.489 e. The SMILES string of the molecule is N#C/C=C/c1cccc(Oc2ccc(C#N)cc2OCCBr)c1. The van der Waals surface area contributed by atoms with Gasteiger partial charge in [-0.1, -0.05) is 28.1 Å². The number of halogens is 1. The third kappa shape index (κ3) is 4.88. The van der Waals surface area contributed by atoms with Gasteiger partial charge in [-0.05, 0) is 35.9 Å². The van der Waals surface area contributed by atoms with Gasteiger partial charge in [0.05, 0.1) is 24.3 Å². The summed E-state index contributed by atoms with van der Waals surface area (Å²) in [7, 11) is 0. The molecule has 0 N–H and O–H groups in total. The molecule has 0 heterocycles. The van der Waals surface area contributed by atoms with Gasteiger partial charge in [0.25, 0.3) is 0 Å². The van der Waals surface area contributed by atoms with E-state index in [9.17, 15) is 0 Å². The molecule has 0 aromatic heterocycles. The zero-order chi connectivity index (χ0) is 16.5. The standard InChI is InChI=1S/C18H13BrN2O2/c19-8-10-22-18-12-15(13-21)6-7-17(18)23-16-5-1-3-14(11-16)4-2-9-20/h1-7,11-12H,8,10H2/b4-2+. The molecule has 0 unspecified atom stereocenters. The fraction of sp³-hybridized carbons (Fsp3) is 0.111. The molecule has 0 atom stereocenters. The van der Waals surface area contributed by atoms with E-state index in [4.69, 9.17) is 20.0 Å². The summed E-state index contributed by atoms with van der Waals surface area (Å²) < 4.78 is 11.5. The van der Waals surface area contributed by atoms with Gasteiger partial charge in [0.2, 0.25) is 0 Å². The molecule has 2 aromatic carbocycles. The maximum absolute atomic E-state index is 9.00. The van der Waals surface area contributed by atoms with Gasteiger partial charge < -0.3 is 9.47 Å². The van der Waals surface area contributed by atoms with Crippen LogP contribution >= 0.6 is 15.9 Å². The first-order chi connectivity index (χ1) is 11.3. The van der Waals surface area contributed by atoms with Crippen molar-refractivity contribution in [2.24, 2.45) is 0 Å². The van der Waals surface area contributed by atoms with E-state index in [1.165, 1.54) is 6.08 Å². The Hall–Kier alpha value is -2.76. The predicted octanol–water partition coefficient (Wildman–Crippen LogP) is 4.66. The Kier molecular flexibility index (Phi) is 6.23. The molecule has 0 spiro atoms. The van der Waals surface area contributed by atoms with Crippen molar-refractivity contribution >= 4 is 22.0 Å². The van der Waals surface area contributed by atoms with E-state index in [1.807, 2.05) is 30.3 Å². The number of hydrogen-bond donors (Lipinski definition) is 0. The summed E-state index contributed by atoms with van der Waals surface area (Å²) in [5.41, 5.74) is 1.37. The van der Waals surface area contributed by atoms with Crippen LogP contribution in [0.3, 0.4) is 0 Å². The Bertz CT molecular complexity index is 788. The Morgan fingerprint density at radius 1 is 1.09 bits per heavy atom. The predicted molar refractivity (Wildman–Crippen MR) is 91.6 cm³/mol. The quantitative estimate of drug-likeness (QED) is 0.549. The Morgan fingerprint density at radius 2 is 1.96 bits per heavy atom. The topological polar surface area (TPSA) is 66.0 Å². The number of alkyl halides is 1. The van der Waals surface area contributed by atoms with Crippen molar-refractivity contribution in [3.8, 4) is 29.4 Å². The normalized spacial score (nSPS) is 10.0. The van der Waals surface area contributed by atoms with E-state index < -0.39 is 0 Å². The minimum atomic E-state index is 0.468. The molecule has 0 aliphatic rings. The van der Waals surface area contributed by atoms with Crippen LogP contribution in [0.4, 0.5) is 0 Å². The average molecular weight is 369 g/mol. The van der Waals surface area contributed by atoms with Crippen molar-refractivity contribution in [2.45, 2.75) is 0 Å². The van der Waals surface area contributed by atoms with Crippen LogP contribution in [0.25, 0.3) is 6.08 Å². The van der Waals surface area contributed by atoms with Gasteiger partial charge in [-0.15, -0.1) is 0 Å². The van der Waals surface area contributed by atoms with Crippen LogP contribution in [0.15, 0.2) is 48.5 Å². The summed E-state index contributed by atoms with van der Waals surface area (Å²) in [6, 6.07) is 16.4. The van der Waals surface area contributed by atoms with Gasteiger partial charge in [0, 0.05) is 17.5 Å². The molecule has 23 heavy (non-hydrogen) atoms. The number of ether oxygens (including phenoxy) is 2. The first-order valence-corrected chi connectivity index (χ1v) is 7.96. The summed E-state index contributed by atoms with van der Waals surface area (Å²) in [6.45, 7) is 0.468. The minimum Gasteiger partial charge on any atom is -0.489 e. The van der Waals surface area contributed by atoms with Crippen molar-refractivity contribution in [3.05, 3.63) is 59.7 Å². The van der Waals surface area contributed by atoms with E-state index in [-0.39, 0.29) is 0 Å². The van der Waals surface area contributed by atoms with Crippen molar-refractivity contribution in [1.82, 2.24) is 0 Å². The number of allylic oxidation sites excluding steroid dienone is 1. The fourth-order valence-electron chi connectivity index (χ4n) is 1.87. The van der Waals surface area contributed by atoms with E-state index in [0.717, 1.165) is 5.56 Å². The van der Waals surface area contributed by atoms with Gasteiger partial charge in [-0.25, -0.2) is 0 Å². The fourth-order valence-corrected chi connectivity index (χ4v) is 2.03. The highest BCUT2D eigenvalue weighted by molar-refractivity contribution is 9.09. The first-order valence-electron chi connectivity index (χ1n) is 6.84. The summed E-state index contributed by atoms with van der Waals surface area (Å²) in [5, 5.41) is 18.3. The summed E-state index contributed by atoms with van der Waals surface area (Å²) >= 11 is 3.30. The molecule has 4 nitrogen and oxygen atoms in total. The number of hydrogen-bond acceptors (Lipinski definition) is 4. The molecule has 0 saturated carbocycles. The third-order valence-corrected chi connectivity index (χ3v) is 3.17. The highest BCUT2D eigenvalue weighted by Gasteiger charge is 2.08. The maximum atomic E-state index is 9.00. The molecule has 0 amide bonds. The number of nitrogens with zero attached hydrogens (tertiary/aromatic N) is 2. The summed E-state index contributed by atoms with van der Waals surface area (Å²) in [4.78, 5) is 0. The van der Waals surface area contributed by atoms with Crippen LogP contribution in [-0.2, 0) is 0 Å². The lowest BCUT2D eigenvalue weighted by Crippen LogP contribution is -2.00. The highest BCUT2D eigenvalue weighted by Crippen LogP contribution is 2.33. The number of benzene rings is 2. The van der Waals surface area contributed by atoms with Crippen LogP contribution in [0.2, 0.25) is 0 Å². The number of nitriles is 2. The second-order valence-electron chi connectivity index (χ2n) is 4.45. The second kappa shape index (κ2) is 8.63. The lowest BCUT2D eigenvalue weighted by Gasteiger charge is -2.12. The van der Waals surface area contributed by atoms with E-state index in [0.29, 0.717) is 34.7 Å². The Labute approximate surface area is 143 Å². The summed E-state index contributed by atoms with van der Waals surface area (Å²) in [6.07, 6.45) is 3.11. The summed E-state index contributed by atoms with van der Waals surface area (Å²) in [5.74, 6) is 1.67. The van der Waals surface area contributed by atoms with Crippen LogP contribution in [0.1, 0.15) is 11.1 Å². The molecule has 0 saturated heterocycles. The zero-order valence-corrected chi connectivity index (χ0v) is 13.8. The first kappa shape index (κ1) is 16.6. The lowest BCUT2D eigenvalue weighted by atomic mass is 10.2. The Morgan fingerprint density at radius 3 is 2.70 bits per heavy atom. The van der Waals surface area contributed by atoms with Crippen molar-refractivity contribution in [2.75, 3.05) is 11.9 Å². The molecule has 2 aromatic rings. The monoisotopic (exact) mass is 368 g/mol. The maximum Gasteiger partial charge on any atom is 0.169 e.